The summed E-state index contributed by atoms with van der Waals surface area (Å²) in [5, 5.41) is 0. The quantitative estimate of drug-likeness (QED) is 0.639. The Morgan fingerprint density at radius 3 is 2.52 bits per heavy atom. The summed E-state index contributed by atoms with van der Waals surface area (Å²) in [4.78, 5) is 33.1. The van der Waals surface area contributed by atoms with E-state index in [4.69, 9.17) is 0 Å². The van der Waals surface area contributed by atoms with Gasteiger partial charge in [0.25, 0.3) is 5.91 Å². The van der Waals surface area contributed by atoms with E-state index in [-0.39, 0.29) is 30.3 Å². The number of alkyl halides is 3. The molecular formula is C22H21F3N4O2. The van der Waals surface area contributed by atoms with Gasteiger partial charge in [-0.25, -0.2) is 4.98 Å². The number of hydrogen-bond donors (Lipinski definition) is 0. The van der Waals surface area contributed by atoms with Crippen LogP contribution in [0.2, 0.25) is 0 Å². The molecule has 31 heavy (non-hydrogen) atoms. The van der Waals surface area contributed by atoms with Crippen molar-refractivity contribution in [2.75, 3.05) is 19.6 Å². The Morgan fingerprint density at radius 1 is 1.10 bits per heavy atom. The molecule has 1 fully saturated rings. The molecule has 0 radical (unpaired) electrons. The minimum absolute atomic E-state index is 0.0866. The van der Waals surface area contributed by atoms with Crippen molar-refractivity contribution in [1.82, 2.24) is 19.2 Å². The van der Waals surface area contributed by atoms with Crippen LogP contribution in [0.25, 0.3) is 5.65 Å². The fraction of sp³-hybridized carbons (Fsp3) is 0.318. The monoisotopic (exact) mass is 430 g/mol. The van der Waals surface area contributed by atoms with E-state index in [1.165, 1.54) is 17.0 Å². The Kier molecular flexibility index (Phi) is 5.43. The number of imidazole rings is 1. The van der Waals surface area contributed by atoms with Gasteiger partial charge in [0.2, 0.25) is 5.91 Å². The Hall–Kier alpha value is -3.36. The van der Waals surface area contributed by atoms with Crippen LogP contribution in [0, 0.1) is 6.92 Å². The van der Waals surface area contributed by atoms with E-state index >= 15 is 0 Å². The van der Waals surface area contributed by atoms with E-state index in [1.807, 2.05) is 35.9 Å². The molecular weight excluding hydrogens is 409 g/mol. The van der Waals surface area contributed by atoms with Gasteiger partial charge in [0, 0.05) is 44.0 Å². The van der Waals surface area contributed by atoms with Crippen LogP contribution in [0.1, 0.15) is 33.6 Å². The van der Waals surface area contributed by atoms with Crippen LogP contribution < -0.4 is 0 Å². The smallest absolute Gasteiger partial charge is 0.336 e. The summed E-state index contributed by atoms with van der Waals surface area (Å²) >= 11 is 0. The fourth-order valence-electron chi connectivity index (χ4n) is 3.70. The summed E-state index contributed by atoms with van der Waals surface area (Å²) in [6.07, 6.45) is -0.522. The summed E-state index contributed by atoms with van der Waals surface area (Å²) in [6, 6.07) is 8.04. The third kappa shape index (κ3) is 4.40. The van der Waals surface area contributed by atoms with Crippen LogP contribution in [-0.2, 0) is 17.5 Å². The molecule has 0 saturated carbocycles. The second-order valence-corrected chi connectivity index (χ2v) is 7.59. The van der Waals surface area contributed by atoms with E-state index in [2.05, 4.69) is 4.98 Å². The largest absolute Gasteiger partial charge is 0.416 e. The van der Waals surface area contributed by atoms with Gasteiger partial charge < -0.3 is 14.2 Å². The first-order chi connectivity index (χ1) is 14.7. The lowest BCUT2D eigenvalue weighted by Gasteiger charge is -2.22. The topological polar surface area (TPSA) is 57.9 Å². The summed E-state index contributed by atoms with van der Waals surface area (Å²) in [5.41, 5.74) is 1.99. The van der Waals surface area contributed by atoms with Crippen molar-refractivity contribution in [3.63, 3.8) is 0 Å². The lowest BCUT2D eigenvalue weighted by atomic mass is 10.1. The van der Waals surface area contributed by atoms with Crippen molar-refractivity contribution in [2.24, 2.45) is 0 Å². The molecule has 1 aliphatic rings. The average Bonchev–Trinajstić information content (AvgIpc) is 3.07. The predicted octanol–water partition coefficient (Wildman–Crippen LogP) is 3.54. The molecule has 6 nitrogen and oxygen atoms in total. The van der Waals surface area contributed by atoms with E-state index in [1.54, 1.807) is 4.90 Å². The SMILES string of the molecule is Cc1cccn2cc(CN3CCN(C(=O)c4ccc(C(F)(F)F)cc4)CCC3=O)nc12. The molecule has 2 aromatic heterocycles. The molecule has 3 aromatic rings. The first-order valence-corrected chi connectivity index (χ1v) is 9.90. The Bertz CT molecular complexity index is 1120. The Labute approximate surface area is 176 Å². The minimum atomic E-state index is -4.45. The summed E-state index contributed by atoms with van der Waals surface area (Å²) in [7, 11) is 0. The molecule has 162 valence electrons. The van der Waals surface area contributed by atoms with Crippen molar-refractivity contribution < 1.29 is 22.8 Å². The maximum Gasteiger partial charge on any atom is 0.416 e. The van der Waals surface area contributed by atoms with Crippen molar-refractivity contribution in [2.45, 2.75) is 26.1 Å². The maximum absolute atomic E-state index is 12.7. The van der Waals surface area contributed by atoms with Crippen LogP contribution in [0.15, 0.2) is 48.8 Å². The number of rotatable bonds is 3. The van der Waals surface area contributed by atoms with Crippen LogP contribution >= 0.6 is 0 Å². The number of nitrogens with zero attached hydrogens (tertiary/aromatic N) is 4. The van der Waals surface area contributed by atoms with Gasteiger partial charge in [-0.2, -0.15) is 13.2 Å². The average molecular weight is 430 g/mol. The molecule has 0 aliphatic carbocycles. The Morgan fingerprint density at radius 2 is 1.84 bits per heavy atom. The molecule has 4 rings (SSSR count). The van der Waals surface area contributed by atoms with Gasteiger partial charge in [-0.05, 0) is 42.8 Å². The van der Waals surface area contributed by atoms with Gasteiger partial charge >= 0.3 is 6.18 Å². The first kappa shape index (κ1) is 20.9. The maximum atomic E-state index is 12.7. The van der Waals surface area contributed by atoms with Gasteiger partial charge in [-0.3, -0.25) is 9.59 Å². The van der Waals surface area contributed by atoms with Gasteiger partial charge in [0.15, 0.2) is 0 Å². The predicted molar refractivity (Wildman–Crippen MR) is 107 cm³/mol. The van der Waals surface area contributed by atoms with E-state index in [0.717, 1.165) is 29.0 Å². The number of aryl methyl sites for hydroxylation is 1. The summed E-state index contributed by atoms with van der Waals surface area (Å²) < 4.78 is 40.1. The Balaban J connectivity index is 1.44. The highest BCUT2D eigenvalue weighted by atomic mass is 19.4. The van der Waals surface area contributed by atoms with Crippen LogP contribution in [0.5, 0.6) is 0 Å². The molecule has 1 aromatic carbocycles. The summed E-state index contributed by atoms with van der Waals surface area (Å²) in [5.74, 6) is -0.469. The number of pyridine rings is 1. The number of carbonyl (C=O) groups is 2. The third-order valence-electron chi connectivity index (χ3n) is 5.42. The number of halogens is 3. The molecule has 0 spiro atoms. The molecule has 0 bridgehead atoms. The molecule has 0 N–H and O–H groups in total. The molecule has 1 saturated heterocycles. The fourth-order valence-corrected chi connectivity index (χ4v) is 3.70. The van der Waals surface area contributed by atoms with Gasteiger partial charge in [0.05, 0.1) is 17.8 Å². The zero-order chi connectivity index (χ0) is 22.2. The second-order valence-electron chi connectivity index (χ2n) is 7.59. The van der Waals surface area contributed by atoms with Crippen molar-refractivity contribution in [1.29, 1.82) is 0 Å². The molecule has 1 aliphatic heterocycles. The van der Waals surface area contributed by atoms with Crippen molar-refractivity contribution in [3.05, 3.63) is 71.2 Å². The number of benzene rings is 1. The highest BCUT2D eigenvalue weighted by Gasteiger charge is 2.31. The summed E-state index contributed by atoms with van der Waals surface area (Å²) in [6.45, 7) is 3.16. The number of amides is 2. The molecule has 9 heteroatoms. The molecule has 0 atom stereocenters. The number of carbonyl (C=O) groups excluding carboxylic acids is 2. The molecule has 2 amide bonds. The number of fused-ring (bicyclic) bond motifs is 1. The highest BCUT2D eigenvalue weighted by Crippen LogP contribution is 2.29. The van der Waals surface area contributed by atoms with E-state index < -0.39 is 11.7 Å². The van der Waals surface area contributed by atoms with Gasteiger partial charge in [0.1, 0.15) is 5.65 Å². The normalized spacial score (nSPS) is 15.4. The third-order valence-corrected chi connectivity index (χ3v) is 5.42. The standard InChI is InChI=1S/C22H21F3N4O2/c1-15-3-2-9-29-14-18(26-20(15)29)13-28-12-11-27(10-8-19(28)30)21(31)16-4-6-17(7-5-16)22(23,24)25/h2-7,9,14H,8,10-13H2,1H3. The van der Waals surface area contributed by atoms with Crippen molar-refractivity contribution >= 4 is 17.5 Å². The zero-order valence-corrected chi connectivity index (χ0v) is 16.9. The zero-order valence-electron chi connectivity index (χ0n) is 16.9. The van der Waals surface area contributed by atoms with Crippen LogP contribution in [0.3, 0.4) is 0 Å². The lowest BCUT2D eigenvalue weighted by molar-refractivity contribution is -0.137. The van der Waals surface area contributed by atoms with Gasteiger partial charge in [-0.1, -0.05) is 6.07 Å². The highest BCUT2D eigenvalue weighted by molar-refractivity contribution is 5.94. The van der Waals surface area contributed by atoms with Crippen LogP contribution in [-0.4, -0.2) is 50.6 Å². The van der Waals surface area contributed by atoms with Gasteiger partial charge in [-0.15, -0.1) is 0 Å². The first-order valence-electron chi connectivity index (χ1n) is 9.90. The minimum Gasteiger partial charge on any atom is -0.336 e. The van der Waals surface area contributed by atoms with Crippen LogP contribution in [0.4, 0.5) is 13.2 Å². The lowest BCUT2D eigenvalue weighted by Crippen LogP contribution is -2.35. The molecule has 3 heterocycles. The molecule has 0 unspecified atom stereocenters. The number of aromatic nitrogens is 2. The van der Waals surface area contributed by atoms with E-state index in [0.29, 0.717) is 19.6 Å². The number of hydrogen-bond acceptors (Lipinski definition) is 3. The second kappa shape index (κ2) is 8.05. The van der Waals surface area contributed by atoms with E-state index in [9.17, 15) is 22.8 Å². The van der Waals surface area contributed by atoms with Crippen molar-refractivity contribution in [3.8, 4) is 0 Å².